The number of benzene rings is 6. The van der Waals surface area contributed by atoms with E-state index < -0.39 is 0 Å². The van der Waals surface area contributed by atoms with Crippen molar-refractivity contribution in [2.45, 2.75) is 18.9 Å². The Morgan fingerprint density at radius 1 is 0.633 bits per heavy atom. The first kappa shape index (κ1) is 30.5. The number of rotatable bonds is 8. The second kappa shape index (κ2) is 13.3. The Kier molecular flexibility index (Phi) is 8.30. The van der Waals surface area contributed by atoms with Crippen molar-refractivity contribution in [3.63, 3.8) is 0 Å². The lowest BCUT2D eigenvalue weighted by Gasteiger charge is -2.26. The largest absolute Gasteiger partial charge is 0.527 e. The Morgan fingerprint density at radius 2 is 1.20 bits per heavy atom. The van der Waals surface area contributed by atoms with E-state index in [1.54, 1.807) is 0 Å². The van der Waals surface area contributed by atoms with Crippen molar-refractivity contribution in [3.05, 3.63) is 163 Å². The molecule has 0 radical (unpaired) electrons. The zero-order chi connectivity index (χ0) is 33.2. The fourth-order valence-electron chi connectivity index (χ4n) is 7.14. The lowest BCUT2D eigenvalue weighted by Crippen LogP contribution is -2.37. The van der Waals surface area contributed by atoms with E-state index in [2.05, 4.69) is 172 Å². The third kappa shape index (κ3) is 5.92. The number of carbonyl (C=O) groups is 1. The summed E-state index contributed by atoms with van der Waals surface area (Å²) >= 11 is 0. The first-order valence-corrected chi connectivity index (χ1v) is 17.7. The van der Waals surface area contributed by atoms with E-state index in [1.165, 1.54) is 5.56 Å². The molecule has 7 aromatic rings. The summed E-state index contributed by atoms with van der Waals surface area (Å²) < 4.78 is 7.66. The molecule has 1 aliphatic heterocycles. The Bertz CT molecular complexity index is 2270. The topological polar surface area (TPSA) is 37.7 Å². The van der Waals surface area contributed by atoms with E-state index >= 15 is 0 Å². The van der Waals surface area contributed by atoms with Crippen LogP contribution in [0.3, 0.4) is 0 Å². The molecule has 0 saturated carbocycles. The van der Waals surface area contributed by atoms with Crippen LogP contribution in [0.15, 0.2) is 152 Å². The third-order valence-corrected chi connectivity index (χ3v) is 9.90. The van der Waals surface area contributed by atoms with Crippen molar-refractivity contribution in [3.8, 4) is 5.69 Å². The average Bonchev–Trinajstić information content (AvgIpc) is 3.79. The van der Waals surface area contributed by atoms with Crippen LogP contribution in [0.25, 0.3) is 39.6 Å². The van der Waals surface area contributed by atoms with Crippen LogP contribution in [0.2, 0.25) is 0 Å². The highest BCUT2D eigenvalue weighted by Crippen LogP contribution is 2.41. The molecule has 0 unspecified atom stereocenters. The van der Waals surface area contributed by atoms with Crippen molar-refractivity contribution in [2.75, 3.05) is 16.3 Å². The predicted molar refractivity (Wildman–Crippen MR) is 207 cm³/mol. The number of hydrogen-bond donors (Lipinski definition) is 0. The Morgan fingerprint density at radius 3 is 1.90 bits per heavy atom. The zero-order valence-electron chi connectivity index (χ0n) is 27.4. The zero-order valence-corrected chi connectivity index (χ0v) is 29.4. The molecule has 1 fully saturated rings. The highest BCUT2D eigenvalue weighted by atomic mass is 28.2. The highest BCUT2D eigenvalue weighted by Gasteiger charge is 2.31. The van der Waals surface area contributed by atoms with Crippen LogP contribution in [0.5, 0.6) is 0 Å². The van der Waals surface area contributed by atoms with Gasteiger partial charge in [-0.2, -0.15) is 0 Å². The predicted octanol–water partition coefficient (Wildman–Crippen LogP) is 9.22. The van der Waals surface area contributed by atoms with Crippen molar-refractivity contribution in [1.82, 2.24) is 4.57 Å². The third-order valence-electron chi connectivity index (χ3n) is 9.50. The molecule has 0 amide bonds. The van der Waals surface area contributed by atoms with Gasteiger partial charge in [-0.15, -0.1) is 0 Å². The molecule has 2 heterocycles. The standard InChI is InChI=1S/C43H37N3O2Si/c47-43(48-49)42-17-10-28-44(42)36-24-26-40-38(29-36)39-30-37(25-27-41(39)46(40)34-15-8-3-9-16-34)45(33-13-6-2-7-14-33)35-22-20-32(21-23-35)19-18-31-11-4-1-5-12-31/h1-9,11-16,18-27,29-30,42H,10,17,28H2,49H3/b19-18+/t42-/m0/s1. The number of hydrogen-bond acceptors (Lipinski definition) is 4. The van der Waals surface area contributed by atoms with Gasteiger partial charge in [0.05, 0.1) is 11.0 Å². The molecule has 1 aliphatic rings. The molecule has 0 spiro atoms. The van der Waals surface area contributed by atoms with E-state index in [4.69, 9.17) is 4.43 Å². The summed E-state index contributed by atoms with van der Waals surface area (Å²) in [4.78, 5) is 17.3. The molecular weight excluding hydrogens is 619 g/mol. The van der Waals surface area contributed by atoms with Gasteiger partial charge in [-0.25, -0.2) is 0 Å². The summed E-state index contributed by atoms with van der Waals surface area (Å²) in [6.45, 7) is 0.841. The van der Waals surface area contributed by atoms with Gasteiger partial charge in [0.1, 0.15) is 6.04 Å². The molecule has 240 valence electrons. The highest BCUT2D eigenvalue weighted by molar-refractivity contribution is 6.12. The second-order valence-electron chi connectivity index (χ2n) is 12.5. The van der Waals surface area contributed by atoms with E-state index in [0.717, 1.165) is 75.2 Å². The molecule has 0 N–H and O–H groups in total. The van der Waals surface area contributed by atoms with Gasteiger partial charge in [-0.3, -0.25) is 4.79 Å². The monoisotopic (exact) mass is 655 g/mol. The number of aromatic nitrogens is 1. The number of para-hydroxylation sites is 2. The van der Waals surface area contributed by atoms with Gasteiger partial charge >= 0.3 is 5.97 Å². The smallest absolute Gasteiger partial charge is 0.314 e. The fraction of sp³-hybridized carbons (Fsp3) is 0.0930. The maximum absolute atomic E-state index is 12.7. The van der Waals surface area contributed by atoms with Gasteiger partial charge in [-0.1, -0.05) is 91.0 Å². The first-order valence-electron chi connectivity index (χ1n) is 16.8. The molecule has 1 aromatic heterocycles. The molecule has 1 atom stereocenters. The van der Waals surface area contributed by atoms with E-state index in [1.807, 2.05) is 6.07 Å². The maximum Gasteiger partial charge on any atom is 0.314 e. The Hall–Kier alpha value is -5.85. The van der Waals surface area contributed by atoms with Crippen LogP contribution < -0.4 is 9.80 Å². The molecule has 5 nitrogen and oxygen atoms in total. The molecule has 0 bridgehead atoms. The van der Waals surface area contributed by atoms with Crippen molar-refractivity contribution < 1.29 is 9.22 Å². The number of nitrogens with zero attached hydrogens (tertiary/aromatic N) is 3. The van der Waals surface area contributed by atoms with Crippen LogP contribution in [0.4, 0.5) is 22.7 Å². The second-order valence-corrected chi connectivity index (χ2v) is 12.9. The number of anilines is 4. The molecule has 6 heteroatoms. The van der Waals surface area contributed by atoms with Crippen LogP contribution >= 0.6 is 0 Å². The Labute approximate surface area is 289 Å². The fourth-order valence-corrected chi connectivity index (χ4v) is 7.42. The summed E-state index contributed by atoms with van der Waals surface area (Å²) in [7, 11) is 0.408. The van der Waals surface area contributed by atoms with Crippen LogP contribution in [-0.4, -0.2) is 33.6 Å². The minimum Gasteiger partial charge on any atom is -0.527 e. The molecule has 1 saturated heterocycles. The molecule has 8 rings (SSSR count). The summed E-state index contributed by atoms with van der Waals surface area (Å²) in [5.41, 5.74) is 9.99. The lowest BCUT2D eigenvalue weighted by atomic mass is 10.1. The van der Waals surface area contributed by atoms with Crippen LogP contribution in [0.1, 0.15) is 24.0 Å². The number of carbonyl (C=O) groups excluding carboxylic acids is 1. The number of fused-ring (bicyclic) bond motifs is 3. The molecule has 0 aliphatic carbocycles. The maximum atomic E-state index is 12.7. The SMILES string of the molecule is O=C(O[SiH3])[C@@H]1CCCN1c1ccc2c(c1)c1cc(N(c3ccccc3)c3ccc(/C=C/c4ccccc4)cc3)ccc1n2-c1ccccc1. The average molecular weight is 656 g/mol. The molecule has 6 aromatic carbocycles. The van der Waals surface area contributed by atoms with Crippen LogP contribution in [0, 0.1) is 0 Å². The minimum absolute atomic E-state index is 0.113. The van der Waals surface area contributed by atoms with Crippen LogP contribution in [-0.2, 0) is 9.22 Å². The summed E-state index contributed by atoms with van der Waals surface area (Å²) in [5.74, 6) is -0.113. The van der Waals surface area contributed by atoms with Crippen molar-refractivity contribution >= 4 is 73.2 Å². The summed E-state index contributed by atoms with van der Waals surface area (Å²) in [6, 6.07) is 53.3. The van der Waals surface area contributed by atoms with Crippen molar-refractivity contribution in [1.29, 1.82) is 0 Å². The van der Waals surface area contributed by atoms with Gasteiger partial charge in [-0.05, 0) is 96.8 Å². The summed E-state index contributed by atoms with van der Waals surface area (Å²) in [5, 5.41) is 2.31. The van der Waals surface area contributed by atoms with E-state index in [9.17, 15) is 4.79 Å². The van der Waals surface area contributed by atoms with Gasteiger partial charge in [0, 0.05) is 45.8 Å². The quantitative estimate of drug-likeness (QED) is 0.121. The minimum atomic E-state index is -0.230. The van der Waals surface area contributed by atoms with Gasteiger partial charge in [0.15, 0.2) is 0 Å². The van der Waals surface area contributed by atoms with Crippen molar-refractivity contribution in [2.24, 2.45) is 0 Å². The van der Waals surface area contributed by atoms with Gasteiger partial charge < -0.3 is 18.8 Å². The molecule has 49 heavy (non-hydrogen) atoms. The normalized spacial score (nSPS) is 14.6. The van der Waals surface area contributed by atoms with E-state index in [-0.39, 0.29) is 12.0 Å². The van der Waals surface area contributed by atoms with Gasteiger partial charge in [0.25, 0.3) is 0 Å². The molecular formula is C43H37N3O2Si. The van der Waals surface area contributed by atoms with E-state index in [0.29, 0.717) is 10.5 Å². The Balaban J connectivity index is 1.26. The van der Waals surface area contributed by atoms with Gasteiger partial charge in [0.2, 0.25) is 10.5 Å². The first-order chi connectivity index (χ1) is 24.2. The lowest BCUT2D eigenvalue weighted by molar-refractivity contribution is -0.135. The summed E-state index contributed by atoms with van der Waals surface area (Å²) in [6.07, 6.45) is 6.09.